The van der Waals surface area contributed by atoms with Crippen LogP contribution >= 0.6 is 0 Å². The lowest BCUT2D eigenvalue weighted by molar-refractivity contribution is -0.145. The highest BCUT2D eigenvalue weighted by atomic mass is 19.3. The van der Waals surface area contributed by atoms with Gasteiger partial charge in [-0.15, -0.1) is 0 Å². The average Bonchev–Trinajstić information content (AvgIpc) is 3.64. The summed E-state index contributed by atoms with van der Waals surface area (Å²) >= 11 is 0. The molecule has 5 atom stereocenters. The fourth-order valence-electron chi connectivity index (χ4n) is 5.70. The SMILES string of the molecule is C[C@H](NC(=O)C(C)(F)F)[C@@H](Oc1ccc2c(cnn2-c2cccc(C(=O)N[C@@H]3CCCC3O)c2)c1)C1COc2ccccc2O1. The van der Waals surface area contributed by atoms with Crippen LogP contribution in [0, 0.1) is 0 Å². The van der Waals surface area contributed by atoms with Crippen LogP contribution in [-0.2, 0) is 4.79 Å². The van der Waals surface area contributed by atoms with Crippen LogP contribution in [0.1, 0.15) is 43.5 Å². The van der Waals surface area contributed by atoms with Gasteiger partial charge in [-0.3, -0.25) is 9.59 Å². The molecule has 2 unspecified atom stereocenters. The molecule has 1 fully saturated rings. The molecule has 3 aromatic carbocycles. The Morgan fingerprint density at radius 1 is 1.09 bits per heavy atom. The third-order valence-electron chi connectivity index (χ3n) is 8.11. The molecule has 0 bridgehead atoms. The molecule has 0 spiro atoms. The summed E-state index contributed by atoms with van der Waals surface area (Å²) in [7, 11) is 0. The van der Waals surface area contributed by atoms with Crippen molar-refractivity contribution in [1.82, 2.24) is 20.4 Å². The summed E-state index contributed by atoms with van der Waals surface area (Å²) < 4.78 is 47.5. The minimum absolute atomic E-state index is 0.0776. The molecule has 45 heavy (non-hydrogen) atoms. The molecule has 6 rings (SSSR count). The van der Waals surface area contributed by atoms with Crippen LogP contribution in [0.2, 0.25) is 0 Å². The van der Waals surface area contributed by atoms with Crippen molar-refractivity contribution >= 4 is 22.7 Å². The summed E-state index contributed by atoms with van der Waals surface area (Å²) in [6, 6.07) is 18.3. The number of carbonyl (C=O) groups excluding carboxylic acids is 2. The van der Waals surface area contributed by atoms with Crippen LogP contribution in [-0.4, -0.2) is 69.6 Å². The van der Waals surface area contributed by atoms with Gasteiger partial charge in [0, 0.05) is 17.9 Å². The fourth-order valence-corrected chi connectivity index (χ4v) is 5.70. The van der Waals surface area contributed by atoms with E-state index < -0.39 is 36.2 Å². The topological polar surface area (TPSA) is 124 Å². The second kappa shape index (κ2) is 12.4. The maximum Gasteiger partial charge on any atom is 0.321 e. The third kappa shape index (κ3) is 6.56. The second-order valence-electron chi connectivity index (χ2n) is 11.6. The maximum atomic E-state index is 13.7. The standard InChI is InChI=1S/C33H34F2N4O6/c1-19(37-32(42)33(2,34)35)30(29-18-43-27-11-3-4-12-28(27)45-29)44-23-13-14-25-21(16-23)17-36-39(25)22-8-5-7-20(15-22)31(41)38-24-9-6-10-26(24)40/h3-5,7-8,11-17,19,24,26,29-30,40H,6,9-10,18H2,1-2H3,(H,37,42)(H,38,41)/t19-,24+,26?,29?,30+/m0/s1. The molecule has 0 saturated heterocycles. The first-order valence-electron chi connectivity index (χ1n) is 14.9. The Bertz CT molecular complexity index is 1710. The number of nitrogens with zero attached hydrogens (tertiary/aromatic N) is 2. The number of para-hydroxylation sites is 2. The summed E-state index contributed by atoms with van der Waals surface area (Å²) in [4.78, 5) is 25.1. The van der Waals surface area contributed by atoms with Crippen molar-refractivity contribution in [3.63, 3.8) is 0 Å². The van der Waals surface area contributed by atoms with E-state index in [0.717, 1.165) is 23.7 Å². The quantitative estimate of drug-likeness (QED) is 0.253. The van der Waals surface area contributed by atoms with Crippen molar-refractivity contribution in [2.45, 2.75) is 69.4 Å². The highest BCUT2D eigenvalue weighted by Crippen LogP contribution is 2.33. The van der Waals surface area contributed by atoms with Gasteiger partial charge in [0.15, 0.2) is 23.7 Å². The summed E-state index contributed by atoms with van der Waals surface area (Å²) in [6.45, 7) is 2.19. The number of nitrogens with one attached hydrogen (secondary N) is 2. The molecular weight excluding hydrogens is 586 g/mol. The van der Waals surface area contributed by atoms with E-state index in [2.05, 4.69) is 15.7 Å². The van der Waals surface area contributed by atoms with Gasteiger partial charge in [-0.2, -0.15) is 13.9 Å². The zero-order chi connectivity index (χ0) is 31.7. The Morgan fingerprint density at radius 2 is 1.89 bits per heavy atom. The Labute approximate surface area is 258 Å². The molecule has 1 aliphatic heterocycles. The molecule has 3 N–H and O–H groups in total. The molecular formula is C33H34F2N4O6. The lowest BCUT2D eigenvalue weighted by Crippen LogP contribution is -2.56. The molecule has 1 aromatic heterocycles. The highest BCUT2D eigenvalue weighted by molar-refractivity contribution is 5.95. The minimum atomic E-state index is -3.57. The van der Waals surface area contributed by atoms with E-state index in [9.17, 15) is 23.5 Å². The van der Waals surface area contributed by atoms with E-state index in [-0.39, 0.29) is 18.6 Å². The predicted molar refractivity (Wildman–Crippen MR) is 161 cm³/mol. The molecule has 12 heteroatoms. The van der Waals surface area contributed by atoms with Crippen molar-refractivity contribution < 1.29 is 37.7 Å². The monoisotopic (exact) mass is 620 g/mol. The van der Waals surface area contributed by atoms with Gasteiger partial charge in [-0.05, 0) is 74.7 Å². The molecule has 2 amide bonds. The molecule has 10 nitrogen and oxygen atoms in total. The number of hydrogen-bond donors (Lipinski definition) is 3. The predicted octanol–water partition coefficient (Wildman–Crippen LogP) is 4.42. The number of rotatable bonds is 9. The molecule has 1 saturated carbocycles. The number of hydrogen-bond acceptors (Lipinski definition) is 7. The van der Waals surface area contributed by atoms with Gasteiger partial charge >= 0.3 is 5.92 Å². The number of fused-ring (bicyclic) bond motifs is 2. The number of aliphatic hydroxyl groups excluding tert-OH is 1. The number of aliphatic hydroxyl groups is 1. The largest absolute Gasteiger partial charge is 0.486 e. The Morgan fingerprint density at radius 3 is 2.64 bits per heavy atom. The van der Waals surface area contributed by atoms with Gasteiger partial charge in [0.2, 0.25) is 0 Å². The van der Waals surface area contributed by atoms with E-state index in [1.54, 1.807) is 72.4 Å². The van der Waals surface area contributed by atoms with Crippen LogP contribution in [0.4, 0.5) is 8.78 Å². The van der Waals surface area contributed by atoms with E-state index in [4.69, 9.17) is 14.2 Å². The maximum absolute atomic E-state index is 13.7. The minimum Gasteiger partial charge on any atom is -0.486 e. The first-order chi connectivity index (χ1) is 21.6. The molecule has 0 radical (unpaired) electrons. The van der Waals surface area contributed by atoms with Crippen molar-refractivity contribution in [1.29, 1.82) is 0 Å². The van der Waals surface area contributed by atoms with Crippen LogP contribution in [0.25, 0.3) is 16.6 Å². The van der Waals surface area contributed by atoms with Crippen LogP contribution < -0.4 is 24.8 Å². The molecule has 1 aliphatic carbocycles. The zero-order valence-corrected chi connectivity index (χ0v) is 24.8. The number of alkyl halides is 2. The van der Waals surface area contributed by atoms with Gasteiger partial charge in [0.25, 0.3) is 11.8 Å². The average molecular weight is 621 g/mol. The van der Waals surface area contributed by atoms with Crippen molar-refractivity contribution in [3.05, 3.63) is 78.5 Å². The molecule has 4 aromatic rings. The summed E-state index contributed by atoms with van der Waals surface area (Å²) in [5.41, 5.74) is 1.85. The van der Waals surface area contributed by atoms with Gasteiger partial charge in [-0.25, -0.2) is 4.68 Å². The third-order valence-corrected chi connectivity index (χ3v) is 8.11. The number of carbonyl (C=O) groups is 2. The number of benzene rings is 3. The number of ether oxygens (including phenoxy) is 3. The lowest BCUT2D eigenvalue weighted by atomic mass is 10.1. The van der Waals surface area contributed by atoms with Crippen LogP contribution in [0.3, 0.4) is 0 Å². The molecule has 2 aliphatic rings. The van der Waals surface area contributed by atoms with E-state index in [1.165, 1.54) is 0 Å². The summed E-state index contributed by atoms with van der Waals surface area (Å²) in [5.74, 6) is -3.82. The second-order valence-corrected chi connectivity index (χ2v) is 11.6. The van der Waals surface area contributed by atoms with E-state index in [1.807, 2.05) is 12.1 Å². The Hall–Kier alpha value is -4.71. The van der Waals surface area contributed by atoms with Gasteiger partial charge in [-0.1, -0.05) is 18.2 Å². The lowest BCUT2D eigenvalue weighted by Gasteiger charge is -2.35. The molecule has 2 heterocycles. The first-order valence-corrected chi connectivity index (χ1v) is 14.9. The van der Waals surface area contributed by atoms with Crippen LogP contribution in [0.15, 0.2) is 72.9 Å². The molecule has 236 valence electrons. The van der Waals surface area contributed by atoms with Crippen molar-refractivity contribution in [2.75, 3.05) is 6.61 Å². The number of halogens is 2. The highest BCUT2D eigenvalue weighted by Gasteiger charge is 2.39. The van der Waals surface area contributed by atoms with E-state index >= 15 is 0 Å². The van der Waals surface area contributed by atoms with Gasteiger partial charge in [0.05, 0.1) is 35.6 Å². The number of amides is 2. The van der Waals surface area contributed by atoms with Crippen molar-refractivity contribution in [2.24, 2.45) is 0 Å². The first kappa shape index (κ1) is 30.3. The number of aromatic nitrogens is 2. The Balaban J connectivity index is 1.23. The van der Waals surface area contributed by atoms with Crippen molar-refractivity contribution in [3.8, 4) is 22.9 Å². The van der Waals surface area contributed by atoms with E-state index in [0.29, 0.717) is 41.8 Å². The van der Waals surface area contributed by atoms with Crippen LogP contribution in [0.5, 0.6) is 17.2 Å². The summed E-state index contributed by atoms with van der Waals surface area (Å²) in [5, 5.41) is 20.6. The smallest absolute Gasteiger partial charge is 0.321 e. The fraction of sp³-hybridized carbons (Fsp3) is 0.364. The van der Waals surface area contributed by atoms with Gasteiger partial charge in [0.1, 0.15) is 12.4 Å². The Kier molecular flexibility index (Phi) is 8.32. The zero-order valence-electron chi connectivity index (χ0n) is 24.8. The van der Waals surface area contributed by atoms with Gasteiger partial charge < -0.3 is 30.0 Å². The summed E-state index contributed by atoms with van der Waals surface area (Å²) in [6.07, 6.45) is 1.78. The normalized spacial score (nSPS) is 20.8.